The molecule has 0 radical (unpaired) electrons. The molecule has 0 N–H and O–H groups in total. The lowest BCUT2D eigenvalue weighted by atomic mass is 9.45. The Morgan fingerprint density at radius 2 is 1.87 bits per heavy atom. The van der Waals surface area contributed by atoms with Gasteiger partial charge in [0.1, 0.15) is 11.6 Å². The second kappa shape index (κ2) is 5.04. The summed E-state index contributed by atoms with van der Waals surface area (Å²) in [5.74, 6) is 2.95. The van der Waals surface area contributed by atoms with Gasteiger partial charge in [-0.15, -0.1) is 0 Å². The standard InChI is InChI=1S/C21H30O2/c1-13(22)16-9-10-17-15-8-7-14-6-4-5-11-20(14,2)19(15)18(23)12-21(16,17)3/h4-5,14-17,19H,6-12H2,1-3H3/t14-,15+,16+,17-,19-,20+,21-/m1/s1. The average molecular weight is 314 g/mol. The molecule has 3 fully saturated rings. The Balaban J connectivity index is 1.72. The third kappa shape index (κ3) is 1.99. The minimum atomic E-state index is -0.0578. The van der Waals surface area contributed by atoms with Crippen LogP contribution >= 0.6 is 0 Å². The van der Waals surface area contributed by atoms with Gasteiger partial charge in [0, 0.05) is 18.3 Å². The highest BCUT2D eigenvalue weighted by Crippen LogP contribution is 2.65. The van der Waals surface area contributed by atoms with Gasteiger partial charge in [-0.25, -0.2) is 0 Å². The average Bonchev–Trinajstić information content (AvgIpc) is 2.82. The molecule has 0 amide bonds. The predicted octanol–water partition coefficient (Wildman–Crippen LogP) is 4.58. The fraction of sp³-hybridized carbons (Fsp3) is 0.810. The topological polar surface area (TPSA) is 34.1 Å². The maximum atomic E-state index is 13.3. The number of carbonyl (C=O) groups excluding carboxylic acids is 2. The fourth-order valence-electron chi connectivity index (χ4n) is 7.33. The SMILES string of the molecule is CC(=O)[C@@H]1CC[C@@H]2[C@@H]3CC[C@H]4CC=CC[C@]4(C)[C@H]3C(=O)C[C@@]21C. The molecule has 4 rings (SSSR count). The number of ketones is 2. The first-order valence-corrected chi connectivity index (χ1v) is 9.56. The van der Waals surface area contributed by atoms with E-state index in [1.807, 2.05) is 0 Å². The van der Waals surface area contributed by atoms with Crippen molar-refractivity contribution < 1.29 is 9.59 Å². The molecule has 23 heavy (non-hydrogen) atoms. The summed E-state index contributed by atoms with van der Waals surface area (Å²) in [5.41, 5.74) is 0.113. The molecular formula is C21H30O2. The van der Waals surface area contributed by atoms with Gasteiger partial charge >= 0.3 is 0 Å². The zero-order valence-electron chi connectivity index (χ0n) is 14.8. The van der Waals surface area contributed by atoms with Crippen molar-refractivity contribution in [2.45, 2.75) is 65.7 Å². The minimum absolute atomic E-state index is 0.0578. The predicted molar refractivity (Wildman–Crippen MR) is 90.8 cm³/mol. The van der Waals surface area contributed by atoms with Gasteiger partial charge in [0.15, 0.2) is 0 Å². The normalized spacial score (nSPS) is 51.8. The Hall–Kier alpha value is -0.920. The van der Waals surface area contributed by atoms with Crippen LogP contribution < -0.4 is 0 Å². The zero-order valence-corrected chi connectivity index (χ0v) is 14.8. The van der Waals surface area contributed by atoms with E-state index in [1.54, 1.807) is 6.92 Å². The number of hydrogen-bond donors (Lipinski definition) is 0. The summed E-state index contributed by atoms with van der Waals surface area (Å²) < 4.78 is 0. The van der Waals surface area contributed by atoms with Crippen LogP contribution in [0, 0.1) is 40.4 Å². The summed E-state index contributed by atoms with van der Waals surface area (Å²) in [6, 6.07) is 0. The van der Waals surface area contributed by atoms with Gasteiger partial charge in [-0.05, 0) is 74.0 Å². The molecule has 0 aromatic rings. The van der Waals surface area contributed by atoms with Crippen LogP contribution in [-0.2, 0) is 9.59 Å². The summed E-state index contributed by atoms with van der Waals surface area (Å²) in [4.78, 5) is 25.4. The van der Waals surface area contributed by atoms with Crippen LogP contribution in [-0.4, -0.2) is 11.6 Å². The molecule has 2 heteroatoms. The van der Waals surface area contributed by atoms with Gasteiger partial charge in [-0.3, -0.25) is 9.59 Å². The molecule has 0 aromatic heterocycles. The van der Waals surface area contributed by atoms with E-state index in [4.69, 9.17) is 0 Å². The molecule has 0 unspecified atom stereocenters. The Morgan fingerprint density at radius 1 is 1.09 bits per heavy atom. The first-order valence-electron chi connectivity index (χ1n) is 9.56. The third-order valence-electron chi connectivity index (χ3n) is 8.38. The van der Waals surface area contributed by atoms with Crippen molar-refractivity contribution in [1.29, 1.82) is 0 Å². The van der Waals surface area contributed by atoms with Crippen LogP contribution in [0.4, 0.5) is 0 Å². The summed E-state index contributed by atoms with van der Waals surface area (Å²) in [5, 5.41) is 0. The van der Waals surface area contributed by atoms with Crippen molar-refractivity contribution >= 4 is 11.6 Å². The van der Waals surface area contributed by atoms with Crippen molar-refractivity contribution in [1.82, 2.24) is 0 Å². The van der Waals surface area contributed by atoms with Crippen LogP contribution in [0.5, 0.6) is 0 Å². The van der Waals surface area contributed by atoms with E-state index < -0.39 is 0 Å². The minimum Gasteiger partial charge on any atom is -0.300 e. The molecule has 4 aliphatic carbocycles. The molecule has 4 aliphatic rings. The van der Waals surface area contributed by atoms with Crippen molar-refractivity contribution in [2.75, 3.05) is 0 Å². The molecule has 0 heterocycles. The van der Waals surface area contributed by atoms with Crippen molar-refractivity contribution in [2.24, 2.45) is 40.4 Å². The summed E-state index contributed by atoms with van der Waals surface area (Å²) in [6.45, 7) is 6.37. The van der Waals surface area contributed by atoms with Crippen molar-refractivity contribution in [3.05, 3.63) is 12.2 Å². The molecule has 0 bridgehead atoms. The third-order valence-corrected chi connectivity index (χ3v) is 8.38. The first kappa shape index (κ1) is 15.6. The van der Waals surface area contributed by atoms with Crippen LogP contribution in [0.15, 0.2) is 12.2 Å². The van der Waals surface area contributed by atoms with Gasteiger partial charge in [-0.1, -0.05) is 26.0 Å². The lowest BCUT2D eigenvalue weighted by Crippen LogP contribution is -2.56. The lowest BCUT2D eigenvalue weighted by molar-refractivity contribution is -0.155. The Labute approximate surface area is 140 Å². The molecule has 0 saturated heterocycles. The van der Waals surface area contributed by atoms with Crippen molar-refractivity contribution in [3.8, 4) is 0 Å². The molecular weight excluding hydrogens is 284 g/mol. The summed E-state index contributed by atoms with van der Waals surface area (Å²) >= 11 is 0. The van der Waals surface area contributed by atoms with Crippen molar-refractivity contribution in [3.63, 3.8) is 0 Å². The monoisotopic (exact) mass is 314 g/mol. The Kier molecular flexibility index (Phi) is 3.42. The van der Waals surface area contributed by atoms with E-state index in [-0.39, 0.29) is 22.7 Å². The number of hydrogen-bond acceptors (Lipinski definition) is 2. The van der Waals surface area contributed by atoms with E-state index in [1.165, 1.54) is 12.8 Å². The van der Waals surface area contributed by atoms with Crippen LogP contribution in [0.3, 0.4) is 0 Å². The molecule has 7 atom stereocenters. The molecule has 0 spiro atoms. The van der Waals surface area contributed by atoms with Crippen LogP contribution in [0.1, 0.15) is 65.7 Å². The molecule has 0 aliphatic heterocycles. The van der Waals surface area contributed by atoms with E-state index in [0.717, 1.165) is 25.7 Å². The highest BCUT2D eigenvalue weighted by atomic mass is 16.1. The number of allylic oxidation sites excluding steroid dienone is 2. The summed E-state index contributed by atoms with van der Waals surface area (Å²) in [7, 11) is 0. The number of carbonyl (C=O) groups is 2. The van der Waals surface area contributed by atoms with Gasteiger partial charge in [0.25, 0.3) is 0 Å². The maximum absolute atomic E-state index is 13.3. The first-order chi connectivity index (χ1) is 10.9. The van der Waals surface area contributed by atoms with Gasteiger partial charge < -0.3 is 0 Å². The lowest BCUT2D eigenvalue weighted by Gasteiger charge is -2.58. The Bertz CT molecular complexity index is 576. The van der Waals surface area contributed by atoms with E-state index in [2.05, 4.69) is 26.0 Å². The molecule has 3 saturated carbocycles. The number of Topliss-reactive ketones (excluding diaryl/α,β-unsaturated/α-hetero) is 2. The van der Waals surface area contributed by atoms with E-state index in [0.29, 0.717) is 35.7 Å². The summed E-state index contributed by atoms with van der Waals surface area (Å²) in [6.07, 6.45) is 12.2. The van der Waals surface area contributed by atoms with Crippen LogP contribution in [0.25, 0.3) is 0 Å². The van der Waals surface area contributed by atoms with Gasteiger partial charge in [0.2, 0.25) is 0 Å². The quantitative estimate of drug-likeness (QED) is 0.664. The molecule has 126 valence electrons. The number of fused-ring (bicyclic) bond motifs is 5. The maximum Gasteiger partial charge on any atom is 0.137 e. The van der Waals surface area contributed by atoms with E-state index in [9.17, 15) is 9.59 Å². The highest BCUT2D eigenvalue weighted by molar-refractivity contribution is 5.87. The largest absolute Gasteiger partial charge is 0.300 e. The molecule has 2 nitrogen and oxygen atoms in total. The van der Waals surface area contributed by atoms with Gasteiger partial charge in [-0.2, -0.15) is 0 Å². The highest BCUT2D eigenvalue weighted by Gasteiger charge is 2.63. The van der Waals surface area contributed by atoms with Crippen LogP contribution in [0.2, 0.25) is 0 Å². The Morgan fingerprint density at radius 3 is 2.61 bits per heavy atom. The fourth-order valence-corrected chi connectivity index (χ4v) is 7.33. The second-order valence-electron chi connectivity index (χ2n) is 9.33. The molecule has 0 aromatic carbocycles. The smallest absolute Gasteiger partial charge is 0.137 e. The second-order valence-corrected chi connectivity index (χ2v) is 9.33. The zero-order chi connectivity index (χ0) is 16.4. The van der Waals surface area contributed by atoms with Gasteiger partial charge in [0.05, 0.1) is 0 Å². The number of rotatable bonds is 1. The van der Waals surface area contributed by atoms with E-state index >= 15 is 0 Å².